The fourth-order valence-corrected chi connectivity index (χ4v) is 3.92. The van der Waals surface area contributed by atoms with Crippen molar-refractivity contribution in [1.29, 1.82) is 0 Å². The van der Waals surface area contributed by atoms with E-state index in [-0.39, 0.29) is 5.91 Å². The first kappa shape index (κ1) is 19.4. The monoisotopic (exact) mass is 423 g/mol. The normalized spacial score (nSPS) is 16.4. The minimum atomic E-state index is -0.170. The minimum absolute atomic E-state index is 0.170. The highest BCUT2D eigenvalue weighted by atomic mass is 35.5. The standard InChI is InChI=1S/C22H18ClN3O2S/c1-14-18(23)6-3-7-19(14)24-22-25-21(27)20(29-22)13-16-5-4-12-26(16)15-8-10-17(28-2)11-9-15/h3-13H,1-2H3,(H,24,25,27). The molecule has 2 heterocycles. The second kappa shape index (κ2) is 8.19. The summed E-state index contributed by atoms with van der Waals surface area (Å²) < 4.78 is 7.23. The predicted octanol–water partition coefficient (Wildman–Crippen LogP) is 5.34. The number of hydrogen-bond donors (Lipinski definition) is 1. The predicted molar refractivity (Wildman–Crippen MR) is 119 cm³/mol. The van der Waals surface area contributed by atoms with Gasteiger partial charge < -0.3 is 14.6 Å². The van der Waals surface area contributed by atoms with Gasteiger partial charge in [-0.25, -0.2) is 4.99 Å². The zero-order valence-corrected chi connectivity index (χ0v) is 17.4. The van der Waals surface area contributed by atoms with Crippen LogP contribution in [0.1, 0.15) is 11.3 Å². The van der Waals surface area contributed by atoms with Crippen molar-refractivity contribution in [3.8, 4) is 11.4 Å². The van der Waals surface area contributed by atoms with Gasteiger partial charge >= 0.3 is 0 Å². The molecule has 4 rings (SSSR count). The Morgan fingerprint density at radius 3 is 2.69 bits per heavy atom. The van der Waals surface area contributed by atoms with Crippen molar-refractivity contribution >= 4 is 46.2 Å². The number of nitrogens with zero attached hydrogens (tertiary/aromatic N) is 2. The van der Waals surface area contributed by atoms with Gasteiger partial charge in [0.15, 0.2) is 5.17 Å². The van der Waals surface area contributed by atoms with Crippen LogP contribution in [0.5, 0.6) is 5.75 Å². The van der Waals surface area contributed by atoms with Crippen molar-refractivity contribution in [2.24, 2.45) is 4.99 Å². The number of thioether (sulfide) groups is 1. The number of ether oxygens (including phenoxy) is 1. The van der Waals surface area contributed by atoms with Gasteiger partial charge in [0.05, 0.1) is 17.7 Å². The molecule has 0 bridgehead atoms. The maximum Gasteiger partial charge on any atom is 0.264 e. The second-order valence-electron chi connectivity index (χ2n) is 6.37. The molecule has 1 fully saturated rings. The Balaban J connectivity index is 1.61. The van der Waals surface area contributed by atoms with Gasteiger partial charge in [-0.2, -0.15) is 0 Å². The Labute approximate surface area is 178 Å². The molecule has 0 unspecified atom stereocenters. The van der Waals surface area contributed by atoms with E-state index in [0.29, 0.717) is 15.1 Å². The maximum absolute atomic E-state index is 12.5. The molecule has 7 heteroatoms. The molecule has 1 aromatic heterocycles. The number of rotatable bonds is 4. The molecule has 1 amide bonds. The van der Waals surface area contributed by atoms with Crippen LogP contribution in [0, 0.1) is 6.92 Å². The number of aliphatic imine (C=N–C) groups is 1. The quantitative estimate of drug-likeness (QED) is 0.576. The van der Waals surface area contributed by atoms with Gasteiger partial charge in [-0.15, -0.1) is 0 Å². The van der Waals surface area contributed by atoms with Crippen LogP contribution < -0.4 is 10.1 Å². The number of benzene rings is 2. The van der Waals surface area contributed by atoms with Gasteiger partial charge in [-0.05, 0) is 78.9 Å². The van der Waals surface area contributed by atoms with Gasteiger partial charge in [0.1, 0.15) is 5.75 Å². The molecule has 1 N–H and O–H groups in total. The lowest BCUT2D eigenvalue weighted by molar-refractivity contribution is -0.115. The minimum Gasteiger partial charge on any atom is -0.497 e. The van der Waals surface area contributed by atoms with E-state index in [1.165, 1.54) is 11.8 Å². The molecule has 5 nitrogen and oxygen atoms in total. The van der Waals surface area contributed by atoms with Crippen LogP contribution in [0.25, 0.3) is 11.8 Å². The van der Waals surface area contributed by atoms with Gasteiger partial charge in [-0.3, -0.25) is 4.79 Å². The number of halogens is 1. The summed E-state index contributed by atoms with van der Waals surface area (Å²) in [6.45, 7) is 1.90. The van der Waals surface area contributed by atoms with Gasteiger partial charge in [-0.1, -0.05) is 17.7 Å². The molecule has 0 spiro atoms. The summed E-state index contributed by atoms with van der Waals surface area (Å²) in [7, 11) is 1.64. The zero-order valence-electron chi connectivity index (χ0n) is 15.8. The third-order valence-corrected chi connectivity index (χ3v) is 5.84. The van der Waals surface area contributed by atoms with Crippen molar-refractivity contribution in [2.45, 2.75) is 6.92 Å². The third kappa shape index (κ3) is 4.09. The highest BCUT2D eigenvalue weighted by Crippen LogP contribution is 2.31. The van der Waals surface area contributed by atoms with E-state index in [9.17, 15) is 4.79 Å². The number of aromatic nitrogens is 1. The molecule has 1 aliphatic rings. The molecule has 0 radical (unpaired) electrons. The van der Waals surface area contributed by atoms with E-state index in [1.807, 2.05) is 78.4 Å². The molecular formula is C22H18ClN3O2S. The van der Waals surface area contributed by atoms with E-state index in [4.69, 9.17) is 16.3 Å². The van der Waals surface area contributed by atoms with Crippen molar-refractivity contribution in [1.82, 2.24) is 9.88 Å². The largest absolute Gasteiger partial charge is 0.497 e. The number of carbonyl (C=O) groups excluding carboxylic acids is 1. The molecule has 1 aliphatic heterocycles. The number of amides is 1. The van der Waals surface area contributed by atoms with Gasteiger partial charge in [0.25, 0.3) is 5.91 Å². The maximum atomic E-state index is 12.5. The Morgan fingerprint density at radius 1 is 1.14 bits per heavy atom. The Morgan fingerprint density at radius 2 is 1.93 bits per heavy atom. The summed E-state index contributed by atoms with van der Waals surface area (Å²) >= 11 is 7.47. The molecule has 3 aromatic rings. The molecular weight excluding hydrogens is 406 g/mol. The van der Waals surface area contributed by atoms with Crippen LogP contribution in [0.4, 0.5) is 5.69 Å². The summed E-state index contributed by atoms with van der Waals surface area (Å²) in [6, 6.07) is 17.2. The van der Waals surface area contributed by atoms with Crippen molar-refractivity contribution in [3.63, 3.8) is 0 Å². The topological polar surface area (TPSA) is 55.6 Å². The molecule has 0 saturated carbocycles. The molecule has 0 aliphatic carbocycles. The summed E-state index contributed by atoms with van der Waals surface area (Å²) in [4.78, 5) is 17.6. The Bertz CT molecular complexity index is 1130. The van der Waals surface area contributed by atoms with Crippen molar-refractivity contribution in [3.05, 3.63) is 82.0 Å². The highest BCUT2D eigenvalue weighted by molar-refractivity contribution is 8.18. The molecule has 2 aromatic carbocycles. The number of methoxy groups -OCH3 is 1. The first-order chi connectivity index (χ1) is 14.0. The third-order valence-electron chi connectivity index (χ3n) is 4.52. The zero-order chi connectivity index (χ0) is 20.4. The van der Waals surface area contributed by atoms with Crippen LogP contribution in [-0.4, -0.2) is 22.8 Å². The van der Waals surface area contributed by atoms with E-state index >= 15 is 0 Å². The van der Waals surface area contributed by atoms with Crippen LogP contribution >= 0.6 is 23.4 Å². The van der Waals surface area contributed by atoms with E-state index < -0.39 is 0 Å². The van der Waals surface area contributed by atoms with Crippen LogP contribution in [0.2, 0.25) is 5.02 Å². The fourth-order valence-electron chi connectivity index (χ4n) is 2.93. The SMILES string of the molecule is COc1ccc(-n2cccc2C=C2SC(=Nc3cccc(Cl)c3C)NC2=O)cc1. The lowest BCUT2D eigenvalue weighted by atomic mass is 10.2. The van der Waals surface area contributed by atoms with Crippen molar-refractivity contribution in [2.75, 3.05) is 7.11 Å². The smallest absolute Gasteiger partial charge is 0.264 e. The molecule has 29 heavy (non-hydrogen) atoms. The summed E-state index contributed by atoms with van der Waals surface area (Å²) in [6.07, 6.45) is 3.81. The molecule has 1 saturated heterocycles. The lowest BCUT2D eigenvalue weighted by Gasteiger charge is -2.08. The number of amidine groups is 1. The first-order valence-electron chi connectivity index (χ1n) is 8.91. The Kier molecular flexibility index (Phi) is 5.47. The van der Waals surface area contributed by atoms with E-state index in [0.717, 1.165) is 28.4 Å². The summed E-state index contributed by atoms with van der Waals surface area (Å²) in [5.74, 6) is 0.625. The van der Waals surface area contributed by atoms with Crippen molar-refractivity contribution < 1.29 is 9.53 Å². The van der Waals surface area contributed by atoms with E-state index in [1.54, 1.807) is 7.11 Å². The molecule has 146 valence electrons. The Hall–Kier alpha value is -2.96. The fraction of sp³-hybridized carbons (Fsp3) is 0.0909. The van der Waals surface area contributed by atoms with E-state index in [2.05, 4.69) is 10.3 Å². The van der Waals surface area contributed by atoms with Crippen LogP contribution in [-0.2, 0) is 4.79 Å². The molecule has 0 atom stereocenters. The lowest BCUT2D eigenvalue weighted by Crippen LogP contribution is -2.19. The average molecular weight is 424 g/mol. The average Bonchev–Trinajstić information content (AvgIpc) is 3.32. The van der Waals surface area contributed by atoms with Crippen LogP contribution in [0.15, 0.2) is 70.7 Å². The number of hydrogen-bond acceptors (Lipinski definition) is 4. The van der Waals surface area contributed by atoms with Gasteiger partial charge in [0, 0.05) is 22.6 Å². The van der Waals surface area contributed by atoms with Gasteiger partial charge in [0.2, 0.25) is 0 Å². The van der Waals surface area contributed by atoms with Crippen LogP contribution in [0.3, 0.4) is 0 Å². The second-order valence-corrected chi connectivity index (χ2v) is 7.80. The summed E-state index contributed by atoms with van der Waals surface area (Å²) in [5.41, 5.74) is 3.49. The first-order valence-corrected chi connectivity index (χ1v) is 10.1. The summed E-state index contributed by atoms with van der Waals surface area (Å²) in [5, 5.41) is 4.01. The highest BCUT2D eigenvalue weighted by Gasteiger charge is 2.24. The number of carbonyl (C=O) groups is 1. The number of nitrogens with one attached hydrogen (secondary N) is 1.